The smallest absolute Gasteiger partial charge is 0.0446 e. The highest BCUT2D eigenvalue weighted by molar-refractivity contribution is 5.78. The van der Waals surface area contributed by atoms with E-state index in [1.54, 1.807) is 0 Å². The van der Waals surface area contributed by atoms with Crippen molar-refractivity contribution in [1.82, 2.24) is 4.90 Å². The molecular formula is C20H27N3. The highest BCUT2D eigenvalue weighted by Gasteiger charge is 2.18. The number of anilines is 1. The Kier molecular flexibility index (Phi) is 5.67. The number of nitrogens with zero attached hydrogens (tertiary/aromatic N) is 2. The molecule has 0 aromatic heterocycles. The molecule has 2 N–H and O–H groups in total. The molecule has 1 heterocycles. The number of benzene rings is 2. The van der Waals surface area contributed by atoms with Crippen LogP contribution in [0.4, 0.5) is 5.69 Å². The molecule has 0 bridgehead atoms. The summed E-state index contributed by atoms with van der Waals surface area (Å²) in [5, 5.41) is 0. The average molecular weight is 309 g/mol. The second-order valence-electron chi connectivity index (χ2n) is 6.21. The van der Waals surface area contributed by atoms with Crippen LogP contribution in [0.5, 0.6) is 0 Å². The van der Waals surface area contributed by atoms with E-state index in [9.17, 15) is 0 Å². The summed E-state index contributed by atoms with van der Waals surface area (Å²) in [5.74, 6) is 0. The quantitative estimate of drug-likeness (QED) is 0.832. The Hall–Kier alpha value is -1.84. The minimum Gasteiger partial charge on any atom is -0.368 e. The molecule has 122 valence electrons. The molecule has 0 spiro atoms. The molecular weight excluding hydrogens is 282 g/mol. The molecule has 2 aromatic carbocycles. The van der Waals surface area contributed by atoms with Gasteiger partial charge in [-0.3, -0.25) is 4.90 Å². The van der Waals surface area contributed by atoms with E-state index in [0.717, 1.165) is 39.1 Å². The SMILES string of the molecule is NCCCCN1CCN(c2ccccc2-c2ccccc2)CC1. The molecule has 3 rings (SSSR count). The van der Waals surface area contributed by atoms with Gasteiger partial charge in [0.1, 0.15) is 0 Å². The maximum atomic E-state index is 5.59. The summed E-state index contributed by atoms with van der Waals surface area (Å²) in [6.45, 7) is 6.50. The van der Waals surface area contributed by atoms with Crippen molar-refractivity contribution in [2.75, 3.05) is 44.2 Å². The normalized spacial score (nSPS) is 15.8. The third kappa shape index (κ3) is 4.12. The van der Waals surface area contributed by atoms with E-state index in [2.05, 4.69) is 64.4 Å². The van der Waals surface area contributed by atoms with Crippen LogP contribution in [-0.2, 0) is 0 Å². The van der Waals surface area contributed by atoms with Crippen LogP contribution in [0.15, 0.2) is 54.6 Å². The van der Waals surface area contributed by atoms with Crippen LogP contribution in [0, 0.1) is 0 Å². The highest BCUT2D eigenvalue weighted by Crippen LogP contribution is 2.31. The maximum Gasteiger partial charge on any atom is 0.0446 e. The summed E-state index contributed by atoms with van der Waals surface area (Å²) in [6, 6.07) is 19.5. The molecule has 1 aliphatic heterocycles. The van der Waals surface area contributed by atoms with Gasteiger partial charge in [0, 0.05) is 37.4 Å². The van der Waals surface area contributed by atoms with Crippen LogP contribution >= 0.6 is 0 Å². The molecule has 0 radical (unpaired) electrons. The first kappa shape index (κ1) is 16.0. The number of hydrogen-bond donors (Lipinski definition) is 1. The van der Waals surface area contributed by atoms with Crippen molar-refractivity contribution in [3.05, 3.63) is 54.6 Å². The van der Waals surface area contributed by atoms with Crippen LogP contribution in [0.3, 0.4) is 0 Å². The van der Waals surface area contributed by atoms with E-state index in [1.165, 1.54) is 29.8 Å². The third-order valence-electron chi connectivity index (χ3n) is 4.63. The van der Waals surface area contributed by atoms with Crippen molar-refractivity contribution in [1.29, 1.82) is 0 Å². The van der Waals surface area contributed by atoms with Gasteiger partial charge in [0.25, 0.3) is 0 Å². The van der Waals surface area contributed by atoms with Crippen LogP contribution in [0.25, 0.3) is 11.1 Å². The standard InChI is InChI=1S/C20H27N3/c21-12-6-7-13-22-14-16-23(17-15-22)20-11-5-4-10-19(20)18-8-2-1-3-9-18/h1-5,8-11H,6-7,12-17,21H2. The zero-order chi connectivity index (χ0) is 15.9. The first-order chi connectivity index (χ1) is 11.4. The van der Waals surface area contributed by atoms with Crippen molar-refractivity contribution in [3.63, 3.8) is 0 Å². The molecule has 0 saturated carbocycles. The number of hydrogen-bond acceptors (Lipinski definition) is 3. The van der Waals surface area contributed by atoms with Gasteiger partial charge in [0.2, 0.25) is 0 Å². The molecule has 0 amide bonds. The Bertz CT molecular complexity index is 589. The van der Waals surface area contributed by atoms with E-state index in [-0.39, 0.29) is 0 Å². The average Bonchev–Trinajstić information content (AvgIpc) is 2.63. The monoisotopic (exact) mass is 309 g/mol. The molecule has 1 fully saturated rings. The molecule has 0 unspecified atom stereocenters. The topological polar surface area (TPSA) is 32.5 Å². The molecule has 3 nitrogen and oxygen atoms in total. The van der Waals surface area contributed by atoms with Gasteiger partial charge in [-0.15, -0.1) is 0 Å². The fourth-order valence-electron chi connectivity index (χ4n) is 3.30. The van der Waals surface area contributed by atoms with E-state index >= 15 is 0 Å². The number of nitrogens with two attached hydrogens (primary N) is 1. The first-order valence-electron chi connectivity index (χ1n) is 8.70. The summed E-state index contributed by atoms with van der Waals surface area (Å²) in [5.41, 5.74) is 9.59. The summed E-state index contributed by atoms with van der Waals surface area (Å²) in [7, 11) is 0. The highest BCUT2D eigenvalue weighted by atomic mass is 15.3. The minimum absolute atomic E-state index is 0.810. The van der Waals surface area contributed by atoms with E-state index < -0.39 is 0 Å². The van der Waals surface area contributed by atoms with Gasteiger partial charge < -0.3 is 10.6 Å². The summed E-state index contributed by atoms with van der Waals surface area (Å²) in [4.78, 5) is 5.10. The van der Waals surface area contributed by atoms with Gasteiger partial charge in [-0.1, -0.05) is 48.5 Å². The zero-order valence-electron chi connectivity index (χ0n) is 13.8. The second kappa shape index (κ2) is 8.14. The van der Waals surface area contributed by atoms with Gasteiger partial charge in [-0.25, -0.2) is 0 Å². The van der Waals surface area contributed by atoms with E-state index in [4.69, 9.17) is 5.73 Å². The van der Waals surface area contributed by atoms with Crippen molar-refractivity contribution < 1.29 is 0 Å². The van der Waals surface area contributed by atoms with Gasteiger partial charge >= 0.3 is 0 Å². The van der Waals surface area contributed by atoms with Crippen LogP contribution < -0.4 is 10.6 Å². The Morgan fingerprint density at radius 3 is 2.22 bits per heavy atom. The lowest BCUT2D eigenvalue weighted by Gasteiger charge is -2.37. The Morgan fingerprint density at radius 2 is 1.48 bits per heavy atom. The van der Waals surface area contributed by atoms with E-state index in [1.807, 2.05) is 0 Å². The van der Waals surface area contributed by atoms with Crippen LogP contribution in [0.1, 0.15) is 12.8 Å². The molecule has 0 aliphatic carbocycles. The van der Waals surface area contributed by atoms with Crippen molar-refractivity contribution in [3.8, 4) is 11.1 Å². The van der Waals surface area contributed by atoms with Gasteiger partial charge in [-0.05, 0) is 37.6 Å². The predicted octanol–water partition coefficient (Wildman–Crippen LogP) is 3.21. The fourth-order valence-corrected chi connectivity index (χ4v) is 3.30. The number of rotatable bonds is 6. The van der Waals surface area contributed by atoms with Crippen molar-refractivity contribution in [2.45, 2.75) is 12.8 Å². The number of para-hydroxylation sites is 1. The summed E-state index contributed by atoms with van der Waals surface area (Å²) >= 11 is 0. The Balaban J connectivity index is 1.67. The molecule has 1 aliphatic rings. The second-order valence-corrected chi connectivity index (χ2v) is 6.21. The third-order valence-corrected chi connectivity index (χ3v) is 4.63. The summed E-state index contributed by atoms with van der Waals surface area (Å²) in [6.07, 6.45) is 2.36. The maximum absolute atomic E-state index is 5.59. The lowest BCUT2D eigenvalue weighted by Crippen LogP contribution is -2.46. The molecule has 2 aromatic rings. The molecule has 1 saturated heterocycles. The Morgan fingerprint density at radius 1 is 0.783 bits per heavy atom. The minimum atomic E-state index is 0.810. The van der Waals surface area contributed by atoms with Crippen molar-refractivity contribution in [2.24, 2.45) is 5.73 Å². The Labute approximate surface area is 139 Å². The molecule has 23 heavy (non-hydrogen) atoms. The lowest BCUT2D eigenvalue weighted by atomic mass is 10.0. The van der Waals surface area contributed by atoms with Gasteiger partial charge in [0.15, 0.2) is 0 Å². The fraction of sp³-hybridized carbons (Fsp3) is 0.400. The lowest BCUT2D eigenvalue weighted by molar-refractivity contribution is 0.253. The number of unbranched alkanes of at least 4 members (excludes halogenated alkanes) is 1. The predicted molar refractivity (Wildman–Crippen MR) is 98.8 cm³/mol. The van der Waals surface area contributed by atoms with E-state index in [0.29, 0.717) is 0 Å². The van der Waals surface area contributed by atoms with Crippen molar-refractivity contribution >= 4 is 5.69 Å². The van der Waals surface area contributed by atoms with Crippen LogP contribution in [0.2, 0.25) is 0 Å². The van der Waals surface area contributed by atoms with Crippen LogP contribution in [-0.4, -0.2) is 44.2 Å². The molecule has 0 atom stereocenters. The number of piperazine rings is 1. The zero-order valence-corrected chi connectivity index (χ0v) is 13.8. The summed E-state index contributed by atoms with van der Waals surface area (Å²) < 4.78 is 0. The molecule has 3 heteroatoms. The van der Waals surface area contributed by atoms with Gasteiger partial charge in [0.05, 0.1) is 0 Å². The van der Waals surface area contributed by atoms with Gasteiger partial charge in [-0.2, -0.15) is 0 Å². The largest absolute Gasteiger partial charge is 0.368 e. The first-order valence-corrected chi connectivity index (χ1v) is 8.70.